The van der Waals surface area contributed by atoms with Crippen molar-refractivity contribution in [3.05, 3.63) is 35.9 Å². The molecule has 0 bridgehead atoms. The standard InChI is InChI=1S/C15H19NO5/c17-14(18)6-7-16(10-12-4-2-1-3-5-12)15(19)13-11-20-8-9-21-13/h1-5,13H,6-11H2,(H,17,18). The van der Waals surface area contributed by atoms with E-state index in [-0.39, 0.29) is 25.5 Å². The van der Waals surface area contributed by atoms with Crippen molar-refractivity contribution in [3.8, 4) is 0 Å². The number of carbonyl (C=O) groups is 2. The first-order valence-electron chi connectivity index (χ1n) is 6.90. The normalized spacial score (nSPS) is 18.2. The van der Waals surface area contributed by atoms with Gasteiger partial charge in [-0.1, -0.05) is 30.3 Å². The molecule has 114 valence electrons. The van der Waals surface area contributed by atoms with E-state index >= 15 is 0 Å². The highest BCUT2D eigenvalue weighted by Gasteiger charge is 2.27. The van der Waals surface area contributed by atoms with Crippen molar-refractivity contribution in [1.29, 1.82) is 0 Å². The van der Waals surface area contributed by atoms with E-state index in [1.165, 1.54) is 4.90 Å². The summed E-state index contributed by atoms with van der Waals surface area (Å²) < 4.78 is 10.6. The third-order valence-corrected chi connectivity index (χ3v) is 3.21. The molecule has 1 atom stereocenters. The molecule has 1 aliphatic heterocycles. The van der Waals surface area contributed by atoms with Crippen LogP contribution in [0.3, 0.4) is 0 Å². The fourth-order valence-corrected chi connectivity index (χ4v) is 2.14. The van der Waals surface area contributed by atoms with Crippen LogP contribution < -0.4 is 0 Å². The SMILES string of the molecule is O=C(O)CCN(Cc1ccccc1)C(=O)C1COCCO1. The minimum absolute atomic E-state index is 0.0911. The van der Waals surface area contributed by atoms with Gasteiger partial charge in [0.1, 0.15) is 0 Å². The minimum atomic E-state index is -0.929. The second kappa shape index (κ2) is 7.75. The second-order valence-electron chi connectivity index (χ2n) is 4.82. The molecule has 0 aromatic heterocycles. The summed E-state index contributed by atoms with van der Waals surface area (Å²) >= 11 is 0. The zero-order chi connectivity index (χ0) is 15.1. The fourth-order valence-electron chi connectivity index (χ4n) is 2.14. The Balaban J connectivity index is 2.03. The first-order valence-corrected chi connectivity index (χ1v) is 6.90. The highest BCUT2D eigenvalue weighted by Crippen LogP contribution is 2.11. The van der Waals surface area contributed by atoms with Crippen molar-refractivity contribution < 1.29 is 24.2 Å². The predicted molar refractivity (Wildman–Crippen MR) is 74.7 cm³/mol. The topological polar surface area (TPSA) is 76.1 Å². The molecule has 1 amide bonds. The van der Waals surface area contributed by atoms with Crippen LogP contribution in [0.4, 0.5) is 0 Å². The number of benzene rings is 1. The van der Waals surface area contributed by atoms with E-state index in [0.29, 0.717) is 19.8 Å². The number of nitrogens with zero attached hydrogens (tertiary/aromatic N) is 1. The summed E-state index contributed by atoms with van der Waals surface area (Å²) in [5, 5.41) is 8.83. The molecule has 1 saturated heterocycles. The van der Waals surface area contributed by atoms with Crippen LogP contribution in [-0.2, 0) is 25.6 Å². The van der Waals surface area contributed by atoms with Gasteiger partial charge in [0.25, 0.3) is 5.91 Å². The van der Waals surface area contributed by atoms with Crippen LogP contribution in [0.2, 0.25) is 0 Å². The molecule has 1 unspecified atom stereocenters. The van der Waals surface area contributed by atoms with E-state index in [9.17, 15) is 9.59 Å². The number of carbonyl (C=O) groups excluding carboxylic acids is 1. The lowest BCUT2D eigenvalue weighted by atomic mass is 10.2. The largest absolute Gasteiger partial charge is 0.481 e. The van der Waals surface area contributed by atoms with E-state index < -0.39 is 12.1 Å². The number of amides is 1. The third kappa shape index (κ3) is 4.84. The molecule has 6 nitrogen and oxygen atoms in total. The zero-order valence-corrected chi connectivity index (χ0v) is 11.7. The number of aliphatic carboxylic acids is 1. The van der Waals surface area contributed by atoms with Crippen molar-refractivity contribution >= 4 is 11.9 Å². The van der Waals surface area contributed by atoms with Gasteiger partial charge in [0.15, 0.2) is 6.10 Å². The number of hydrogen-bond donors (Lipinski definition) is 1. The Hall–Kier alpha value is -1.92. The Kier molecular flexibility index (Phi) is 5.71. The highest BCUT2D eigenvalue weighted by atomic mass is 16.6. The molecule has 1 fully saturated rings. The second-order valence-corrected chi connectivity index (χ2v) is 4.82. The average molecular weight is 293 g/mol. The van der Waals surface area contributed by atoms with Gasteiger partial charge in [-0.2, -0.15) is 0 Å². The van der Waals surface area contributed by atoms with Crippen LogP contribution in [0, 0.1) is 0 Å². The van der Waals surface area contributed by atoms with E-state index in [4.69, 9.17) is 14.6 Å². The third-order valence-electron chi connectivity index (χ3n) is 3.21. The van der Waals surface area contributed by atoms with Gasteiger partial charge in [-0.3, -0.25) is 9.59 Å². The summed E-state index contributed by atoms with van der Waals surface area (Å²) in [6.07, 6.45) is -0.733. The first kappa shape index (κ1) is 15.5. The van der Waals surface area contributed by atoms with Gasteiger partial charge in [0.05, 0.1) is 26.2 Å². The van der Waals surface area contributed by atoms with Crippen LogP contribution in [-0.4, -0.2) is 54.4 Å². The molecular weight excluding hydrogens is 274 g/mol. The molecule has 0 saturated carbocycles. The number of rotatable bonds is 6. The Bertz CT molecular complexity index is 470. The zero-order valence-electron chi connectivity index (χ0n) is 11.7. The fraction of sp³-hybridized carbons (Fsp3) is 0.467. The van der Waals surface area contributed by atoms with E-state index in [2.05, 4.69) is 0 Å². The lowest BCUT2D eigenvalue weighted by Gasteiger charge is -2.29. The van der Waals surface area contributed by atoms with Crippen LogP contribution in [0.1, 0.15) is 12.0 Å². The lowest BCUT2D eigenvalue weighted by molar-refractivity contribution is -0.159. The Morgan fingerprint density at radius 2 is 2.00 bits per heavy atom. The molecule has 0 radical (unpaired) electrons. The predicted octanol–water partition coefficient (Wildman–Crippen LogP) is 0.905. The summed E-state index contributed by atoms with van der Waals surface area (Å²) in [6, 6.07) is 9.47. The monoisotopic (exact) mass is 293 g/mol. The summed E-state index contributed by atoms with van der Waals surface area (Å²) in [6.45, 7) is 1.61. The maximum absolute atomic E-state index is 12.4. The molecule has 1 N–H and O–H groups in total. The Labute approximate surface area is 123 Å². The minimum Gasteiger partial charge on any atom is -0.481 e. The van der Waals surface area contributed by atoms with Crippen LogP contribution >= 0.6 is 0 Å². The maximum Gasteiger partial charge on any atom is 0.305 e. The Morgan fingerprint density at radius 3 is 2.62 bits per heavy atom. The van der Waals surface area contributed by atoms with Crippen LogP contribution in [0.5, 0.6) is 0 Å². The number of ether oxygens (including phenoxy) is 2. The van der Waals surface area contributed by atoms with Crippen molar-refractivity contribution in [2.24, 2.45) is 0 Å². The van der Waals surface area contributed by atoms with Gasteiger partial charge in [-0.05, 0) is 5.56 Å². The van der Waals surface area contributed by atoms with Crippen molar-refractivity contribution in [3.63, 3.8) is 0 Å². The van der Waals surface area contributed by atoms with Gasteiger partial charge in [0, 0.05) is 13.1 Å². The average Bonchev–Trinajstić information content (AvgIpc) is 2.52. The lowest BCUT2D eigenvalue weighted by Crippen LogP contribution is -2.45. The van der Waals surface area contributed by atoms with Crippen molar-refractivity contribution in [2.45, 2.75) is 19.1 Å². The van der Waals surface area contributed by atoms with Gasteiger partial charge in [-0.15, -0.1) is 0 Å². The molecule has 1 aliphatic rings. The van der Waals surface area contributed by atoms with E-state index in [0.717, 1.165) is 5.56 Å². The van der Waals surface area contributed by atoms with E-state index in [1.54, 1.807) is 0 Å². The molecule has 1 aromatic rings. The van der Waals surface area contributed by atoms with Crippen LogP contribution in [0.15, 0.2) is 30.3 Å². The van der Waals surface area contributed by atoms with Crippen LogP contribution in [0.25, 0.3) is 0 Å². The molecule has 1 heterocycles. The van der Waals surface area contributed by atoms with Crippen molar-refractivity contribution in [1.82, 2.24) is 4.90 Å². The number of carboxylic acids is 1. The molecule has 21 heavy (non-hydrogen) atoms. The first-order chi connectivity index (χ1) is 10.2. The van der Waals surface area contributed by atoms with Gasteiger partial charge in [-0.25, -0.2) is 0 Å². The number of hydrogen-bond acceptors (Lipinski definition) is 4. The molecule has 2 rings (SSSR count). The summed E-state index contributed by atoms with van der Waals surface area (Å²) in [7, 11) is 0. The summed E-state index contributed by atoms with van der Waals surface area (Å²) in [5.41, 5.74) is 0.952. The number of carboxylic acid groups (broad SMARTS) is 1. The summed E-state index contributed by atoms with van der Waals surface area (Å²) in [5.74, 6) is -1.15. The Morgan fingerprint density at radius 1 is 1.24 bits per heavy atom. The smallest absolute Gasteiger partial charge is 0.305 e. The summed E-state index contributed by atoms with van der Waals surface area (Å²) in [4.78, 5) is 24.7. The van der Waals surface area contributed by atoms with Gasteiger partial charge >= 0.3 is 5.97 Å². The highest BCUT2D eigenvalue weighted by molar-refractivity contribution is 5.81. The molecule has 0 aliphatic carbocycles. The van der Waals surface area contributed by atoms with Crippen molar-refractivity contribution in [2.75, 3.05) is 26.4 Å². The molecular formula is C15H19NO5. The molecule has 6 heteroatoms. The quantitative estimate of drug-likeness (QED) is 0.843. The van der Waals surface area contributed by atoms with Gasteiger partial charge in [0.2, 0.25) is 0 Å². The van der Waals surface area contributed by atoms with Gasteiger partial charge < -0.3 is 19.5 Å². The maximum atomic E-state index is 12.4. The molecule has 1 aromatic carbocycles. The molecule has 0 spiro atoms. The van der Waals surface area contributed by atoms with E-state index in [1.807, 2.05) is 30.3 Å².